The standard InChI is InChI=1S/C12H22O2/c1-14-9-12(13,11-7-8-11)10-5-3-2-4-6-10/h10-11,13H,2-9H2,1H3. The number of hydrogen-bond acceptors (Lipinski definition) is 2. The summed E-state index contributed by atoms with van der Waals surface area (Å²) in [5.41, 5.74) is -0.491. The van der Waals surface area contributed by atoms with E-state index in [4.69, 9.17) is 4.74 Å². The number of methoxy groups -OCH3 is 1. The van der Waals surface area contributed by atoms with Gasteiger partial charge < -0.3 is 9.84 Å². The van der Waals surface area contributed by atoms with Crippen LogP contribution in [0.15, 0.2) is 0 Å². The molecule has 0 radical (unpaired) electrons. The summed E-state index contributed by atoms with van der Waals surface area (Å²) < 4.78 is 5.21. The Labute approximate surface area is 86.6 Å². The van der Waals surface area contributed by atoms with E-state index in [-0.39, 0.29) is 0 Å². The van der Waals surface area contributed by atoms with Crippen LogP contribution in [0.2, 0.25) is 0 Å². The maximum atomic E-state index is 10.7. The van der Waals surface area contributed by atoms with Crippen molar-refractivity contribution in [1.82, 2.24) is 0 Å². The van der Waals surface area contributed by atoms with Crippen molar-refractivity contribution in [2.24, 2.45) is 11.8 Å². The lowest BCUT2D eigenvalue weighted by Crippen LogP contribution is -2.45. The van der Waals surface area contributed by atoms with Crippen LogP contribution in [-0.2, 0) is 4.74 Å². The fraction of sp³-hybridized carbons (Fsp3) is 1.00. The van der Waals surface area contributed by atoms with Crippen molar-refractivity contribution in [3.63, 3.8) is 0 Å². The summed E-state index contributed by atoms with van der Waals surface area (Å²) in [4.78, 5) is 0. The van der Waals surface area contributed by atoms with Gasteiger partial charge in [-0.05, 0) is 37.5 Å². The van der Waals surface area contributed by atoms with Gasteiger partial charge >= 0.3 is 0 Å². The maximum absolute atomic E-state index is 10.7. The predicted octanol–water partition coefficient (Wildman–Crippen LogP) is 2.35. The van der Waals surface area contributed by atoms with Gasteiger partial charge in [0.15, 0.2) is 0 Å². The highest BCUT2D eigenvalue weighted by Crippen LogP contribution is 2.47. The highest BCUT2D eigenvalue weighted by Gasteiger charge is 2.48. The molecule has 2 saturated carbocycles. The van der Waals surface area contributed by atoms with E-state index in [1.54, 1.807) is 7.11 Å². The lowest BCUT2D eigenvalue weighted by atomic mass is 9.74. The molecule has 0 aromatic carbocycles. The Hall–Kier alpha value is -0.0800. The van der Waals surface area contributed by atoms with Crippen LogP contribution in [-0.4, -0.2) is 24.4 Å². The third kappa shape index (κ3) is 1.96. The molecule has 2 rings (SSSR count). The van der Waals surface area contributed by atoms with Crippen LogP contribution in [0, 0.1) is 11.8 Å². The first-order valence-electron chi connectivity index (χ1n) is 5.98. The first-order chi connectivity index (χ1) is 6.77. The molecule has 2 nitrogen and oxygen atoms in total. The molecule has 2 aliphatic carbocycles. The molecule has 14 heavy (non-hydrogen) atoms. The molecule has 0 bridgehead atoms. The molecular formula is C12H22O2. The van der Waals surface area contributed by atoms with Crippen molar-refractivity contribution < 1.29 is 9.84 Å². The van der Waals surface area contributed by atoms with Gasteiger partial charge in [-0.15, -0.1) is 0 Å². The Balaban J connectivity index is 2.00. The van der Waals surface area contributed by atoms with Crippen molar-refractivity contribution >= 4 is 0 Å². The molecule has 2 aliphatic rings. The van der Waals surface area contributed by atoms with Gasteiger partial charge in [-0.25, -0.2) is 0 Å². The van der Waals surface area contributed by atoms with Gasteiger partial charge in [0.1, 0.15) is 0 Å². The molecule has 2 heteroatoms. The normalized spacial score (nSPS) is 28.7. The number of ether oxygens (including phenoxy) is 1. The second-order valence-electron chi connectivity index (χ2n) is 5.03. The first kappa shape index (κ1) is 10.4. The lowest BCUT2D eigenvalue weighted by Gasteiger charge is -2.38. The van der Waals surface area contributed by atoms with E-state index in [2.05, 4.69) is 0 Å². The monoisotopic (exact) mass is 198 g/mol. The second kappa shape index (κ2) is 4.19. The zero-order chi connectivity index (χ0) is 10.0. The van der Waals surface area contributed by atoms with Crippen LogP contribution in [0.3, 0.4) is 0 Å². The third-order valence-electron chi connectivity index (χ3n) is 3.97. The molecule has 2 fully saturated rings. The summed E-state index contributed by atoms with van der Waals surface area (Å²) in [6.45, 7) is 0.544. The molecule has 1 atom stereocenters. The highest BCUT2D eigenvalue weighted by atomic mass is 16.5. The number of aliphatic hydroxyl groups is 1. The Morgan fingerprint density at radius 2 is 1.64 bits per heavy atom. The molecule has 0 aromatic rings. The minimum Gasteiger partial charge on any atom is -0.387 e. The topological polar surface area (TPSA) is 29.5 Å². The predicted molar refractivity (Wildman–Crippen MR) is 56.1 cm³/mol. The van der Waals surface area contributed by atoms with Gasteiger partial charge in [0.05, 0.1) is 12.2 Å². The molecule has 82 valence electrons. The summed E-state index contributed by atoms with van der Waals surface area (Å²) in [7, 11) is 1.70. The van der Waals surface area contributed by atoms with Crippen LogP contribution in [0.4, 0.5) is 0 Å². The first-order valence-corrected chi connectivity index (χ1v) is 5.98. The van der Waals surface area contributed by atoms with Crippen molar-refractivity contribution in [1.29, 1.82) is 0 Å². The summed E-state index contributed by atoms with van der Waals surface area (Å²) in [6.07, 6.45) is 8.76. The van der Waals surface area contributed by atoms with E-state index < -0.39 is 5.60 Å². The smallest absolute Gasteiger partial charge is 0.0935 e. The zero-order valence-electron chi connectivity index (χ0n) is 9.17. The van der Waals surface area contributed by atoms with Crippen LogP contribution < -0.4 is 0 Å². The van der Waals surface area contributed by atoms with Gasteiger partial charge in [-0.3, -0.25) is 0 Å². The van der Waals surface area contributed by atoms with Crippen LogP contribution in [0.5, 0.6) is 0 Å². The van der Waals surface area contributed by atoms with Crippen LogP contribution in [0.1, 0.15) is 44.9 Å². The average molecular weight is 198 g/mol. The van der Waals surface area contributed by atoms with E-state index in [0.717, 1.165) is 0 Å². The van der Waals surface area contributed by atoms with Gasteiger partial charge in [-0.2, -0.15) is 0 Å². The zero-order valence-corrected chi connectivity index (χ0v) is 9.17. The third-order valence-corrected chi connectivity index (χ3v) is 3.97. The van der Waals surface area contributed by atoms with Gasteiger partial charge in [-0.1, -0.05) is 19.3 Å². The van der Waals surface area contributed by atoms with E-state index in [9.17, 15) is 5.11 Å². The molecule has 0 aromatic heterocycles. The van der Waals surface area contributed by atoms with E-state index in [1.165, 1.54) is 44.9 Å². The fourth-order valence-electron chi connectivity index (χ4n) is 2.99. The van der Waals surface area contributed by atoms with E-state index in [1.807, 2.05) is 0 Å². The lowest BCUT2D eigenvalue weighted by molar-refractivity contribution is -0.0994. The quantitative estimate of drug-likeness (QED) is 0.751. The summed E-state index contributed by atoms with van der Waals surface area (Å²) >= 11 is 0. The molecule has 1 N–H and O–H groups in total. The molecular weight excluding hydrogens is 176 g/mol. The number of rotatable bonds is 4. The highest BCUT2D eigenvalue weighted by molar-refractivity contribution is 4.99. The van der Waals surface area contributed by atoms with Gasteiger partial charge in [0.25, 0.3) is 0 Å². The number of hydrogen-bond donors (Lipinski definition) is 1. The Morgan fingerprint density at radius 1 is 1.07 bits per heavy atom. The minimum absolute atomic E-state index is 0.491. The molecule has 0 spiro atoms. The van der Waals surface area contributed by atoms with Gasteiger partial charge in [0.2, 0.25) is 0 Å². The largest absolute Gasteiger partial charge is 0.387 e. The molecule has 0 amide bonds. The Bertz CT molecular complexity index is 183. The Kier molecular flexibility index (Phi) is 3.13. The SMILES string of the molecule is COCC(O)(C1CCCCC1)C1CC1. The van der Waals surface area contributed by atoms with Crippen molar-refractivity contribution in [3.8, 4) is 0 Å². The fourth-order valence-corrected chi connectivity index (χ4v) is 2.99. The second-order valence-corrected chi connectivity index (χ2v) is 5.03. The van der Waals surface area contributed by atoms with Gasteiger partial charge in [0, 0.05) is 7.11 Å². The van der Waals surface area contributed by atoms with Crippen molar-refractivity contribution in [2.45, 2.75) is 50.5 Å². The molecule has 0 saturated heterocycles. The molecule has 0 aliphatic heterocycles. The Morgan fingerprint density at radius 3 is 2.14 bits per heavy atom. The summed E-state index contributed by atoms with van der Waals surface area (Å²) in [5, 5.41) is 10.7. The molecule has 1 unspecified atom stereocenters. The minimum atomic E-state index is -0.491. The van der Waals surface area contributed by atoms with Crippen LogP contribution in [0.25, 0.3) is 0 Å². The molecule has 0 heterocycles. The average Bonchev–Trinajstić information content (AvgIpc) is 3.03. The van der Waals surface area contributed by atoms with E-state index >= 15 is 0 Å². The maximum Gasteiger partial charge on any atom is 0.0935 e. The van der Waals surface area contributed by atoms with Crippen molar-refractivity contribution in [2.75, 3.05) is 13.7 Å². The van der Waals surface area contributed by atoms with E-state index in [0.29, 0.717) is 18.4 Å². The summed E-state index contributed by atoms with van der Waals surface area (Å²) in [6, 6.07) is 0. The van der Waals surface area contributed by atoms with Crippen molar-refractivity contribution in [3.05, 3.63) is 0 Å². The van der Waals surface area contributed by atoms with Crippen LogP contribution >= 0.6 is 0 Å². The summed E-state index contributed by atoms with van der Waals surface area (Å²) in [5.74, 6) is 1.04.